The van der Waals surface area contributed by atoms with Gasteiger partial charge in [0.15, 0.2) is 0 Å². The van der Waals surface area contributed by atoms with Crippen LogP contribution in [0, 0.1) is 17.3 Å². The second-order valence-corrected chi connectivity index (χ2v) is 6.09. The number of rotatable bonds is 2. The molecule has 1 heterocycles. The van der Waals surface area contributed by atoms with Crippen LogP contribution in [0.15, 0.2) is 0 Å². The molecule has 0 amide bonds. The highest BCUT2D eigenvalue weighted by Crippen LogP contribution is 2.59. The fourth-order valence-corrected chi connectivity index (χ4v) is 4.41. The predicted octanol–water partition coefficient (Wildman–Crippen LogP) is 3.35. The molecule has 3 rings (SSSR count). The first kappa shape index (κ1) is 10.1. The van der Waals surface area contributed by atoms with Crippen molar-refractivity contribution in [2.24, 2.45) is 17.3 Å². The third-order valence-electron chi connectivity index (χ3n) is 5.33. The predicted molar refractivity (Wildman–Crippen MR) is 63.8 cm³/mol. The Bertz CT molecular complexity index is 207. The van der Waals surface area contributed by atoms with E-state index < -0.39 is 0 Å². The zero-order valence-corrected chi connectivity index (χ0v) is 9.93. The van der Waals surface area contributed by atoms with Crippen LogP contribution in [0.3, 0.4) is 0 Å². The largest absolute Gasteiger partial charge is 0.317 e. The van der Waals surface area contributed by atoms with Gasteiger partial charge in [0.25, 0.3) is 0 Å². The summed E-state index contributed by atoms with van der Waals surface area (Å²) in [6.07, 6.45) is 13.8. The Morgan fingerprint density at radius 3 is 1.93 bits per heavy atom. The summed E-state index contributed by atoms with van der Waals surface area (Å²) in [5, 5.41) is 3.53. The van der Waals surface area contributed by atoms with Gasteiger partial charge in [-0.25, -0.2) is 0 Å². The smallest absolute Gasteiger partial charge is 0.00461 e. The Labute approximate surface area is 94.0 Å². The van der Waals surface area contributed by atoms with Crippen molar-refractivity contribution in [2.75, 3.05) is 13.1 Å². The van der Waals surface area contributed by atoms with E-state index in [1.807, 2.05) is 0 Å². The highest BCUT2D eigenvalue weighted by Gasteiger charge is 2.49. The van der Waals surface area contributed by atoms with Gasteiger partial charge in [-0.3, -0.25) is 0 Å². The average Bonchev–Trinajstić information content (AvgIpc) is 3.15. The van der Waals surface area contributed by atoms with Gasteiger partial charge in [-0.2, -0.15) is 0 Å². The van der Waals surface area contributed by atoms with Crippen molar-refractivity contribution < 1.29 is 0 Å². The molecular weight excluding hydrogens is 182 g/mol. The molecule has 1 saturated heterocycles. The molecule has 86 valence electrons. The van der Waals surface area contributed by atoms with Crippen molar-refractivity contribution in [2.45, 2.75) is 57.8 Å². The Morgan fingerprint density at radius 1 is 0.733 bits per heavy atom. The minimum Gasteiger partial charge on any atom is -0.317 e. The van der Waals surface area contributed by atoms with Gasteiger partial charge in [-0.05, 0) is 68.9 Å². The molecule has 1 heteroatoms. The minimum atomic E-state index is 0.820. The molecule has 15 heavy (non-hydrogen) atoms. The summed E-state index contributed by atoms with van der Waals surface area (Å²) < 4.78 is 0. The molecule has 0 aromatic heterocycles. The van der Waals surface area contributed by atoms with E-state index in [1.54, 1.807) is 25.7 Å². The number of nitrogens with one attached hydrogen (secondary N) is 1. The van der Waals surface area contributed by atoms with Gasteiger partial charge in [-0.1, -0.05) is 19.3 Å². The number of hydrogen-bond donors (Lipinski definition) is 1. The van der Waals surface area contributed by atoms with E-state index in [1.165, 1.54) is 45.2 Å². The maximum Gasteiger partial charge on any atom is -0.00461 e. The highest BCUT2D eigenvalue weighted by atomic mass is 14.9. The van der Waals surface area contributed by atoms with Crippen LogP contribution in [0.1, 0.15) is 57.8 Å². The van der Waals surface area contributed by atoms with E-state index >= 15 is 0 Å². The van der Waals surface area contributed by atoms with Crippen LogP contribution in [0.2, 0.25) is 0 Å². The molecule has 0 aromatic rings. The summed E-state index contributed by atoms with van der Waals surface area (Å²) in [7, 11) is 0. The molecule has 2 saturated carbocycles. The SMILES string of the molecule is C1CCC(C2CCNCC2)(C2CC2)CC1. The molecule has 0 unspecified atom stereocenters. The van der Waals surface area contributed by atoms with Crippen LogP contribution in [0.5, 0.6) is 0 Å². The number of hydrogen-bond acceptors (Lipinski definition) is 1. The van der Waals surface area contributed by atoms with Crippen LogP contribution < -0.4 is 5.32 Å². The third kappa shape index (κ3) is 1.84. The van der Waals surface area contributed by atoms with Gasteiger partial charge in [0.05, 0.1) is 0 Å². The lowest BCUT2D eigenvalue weighted by molar-refractivity contribution is 0.0473. The second-order valence-electron chi connectivity index (χ2n) is 6.09. The van der Waals surface area contributed by atoms with Crippen LogP contribution in [-0.2, 0) is 0 Å². The Balaban J connectivity index is 1.75. The summed E-state index contributed by atoms with van der Waals surface area (Å²) in [5.41, 5.74) is 0.820. The van der Waals surface area contributed by atoms with Crippen LogP contribution in [0.25, 0.3) is 0 Å². The molecule has 0 spiro atoms. The third-order valence-corrected chi connectivity index (χ3v) is 5.33. The lowest BCUT2D eigenvalue weighted by Crippen LogP contribution is -2.41. The van der Waals surface area contributed by atoms with Gasteiger partial charge in [0.1, 0.15) is 0 Å². The maximum absolute atomic E-state index is 3.53. The summed E-state index contributed by atoms with van der Waals surface area (Å²) in [4.78, 5) is 0. The molecule has 1 nitrogen and oxygen atoms in total. The first-order valence-corrected chi connectivity index (χ1v) is 7.12. The molecule has 3 aliphatic rings. The average molecular weight is 207 g/mol. The zero-order chi connectivity index (χ0) is 10.1. The molecule has 1 N–H and O–H groups in total. The van der Waals surface area contributed by atoms with E-state index in [9.17, 15) is 0 Å². The van der Waals surface area contributed by atoms with Crippen LogP contribution >= 0.6 is 0 Å². The van der Waals surface area contributed by atoms with Gasteiger partial charge >= 0.3 is 0 Å². The van der Waals surface area contributed by atoms with Gasteiger partial charge in [0.2, 0.25) is 0 Å². The molecule has 0 atom stereocenters. The minimum absolute atomic E-state index is 0.820. The van der Waals surface area contributed by atoms with E-state index in [0.29, 0.717) is 0 Å². The molecule has 0 radical (unpaired) electrons. The number of piperidine rings is 1. The standard InChI is InChI=1S/C14H25N/c1-2-8-14(9-3-1,12-4-5-12)13-6-10-15-11-7-13/h12-13,15H,1-11H2. The summed E-state index contributed by atoms with van der Waals surface area (Å²) >= 11 is 0. The second kappa shape index (κ2) is 4.08. The van der Waals surface area contributed by atoms with Gasteiger partial charge in [0, 0.05) is 0 Å². The van der Waals surface area contributed by atoms with E-state index in [-0.39, 0.29) is 0 Å². The topological polar surface area (TPSA) is 12.0 Å². The van der Waals surface area contributed by atoms with E-state index in [4.69, 9.17) is 0 Å². The molecule has 2 aliphatic carbocycles. The van der Waals surface area contributed by atoms with Gasteiger partial charge < -0.3 is 5.32 Å². The van der Waals surface area contributed by atoms with Gasteiger partial charge in [-0.15, -0.1) is 0 Å². The van der Waals surface area contributed by atoms with Crippen molar-refractivity contribution in [3.8, 4) is 0 Å². The van der Waals surface area contributed by atoms with Crippen molar-refractivity contribution in [1.82, 2.24) is 5.32 Å². The van der Waals surface area contributed by atoms with Crippen molar-refractivity contribution in [3.63, 3.8) is 0 Å². The molecule has 1 aliphatic heterocycles. The van der Waals surface area contributed by atoms with Crippen LogP contribution in [-0.4, -0.2) is 13.1 Å². The lowest BCUT2D eigenvalue weighted by atomic mass is 9.60. The van der Waals surface area contributed by atoms with Crippen molar-refractivity contribution >= 4 is 0 Å². The highest BCUT2D eigenvalue weighted by molar-refractivity contribution is 5.00. The van der Waals surface area contributed by atoms with Crippen LogP contribution in [0.4, 0.5) is 0 Å². The zero-order valence-electron chi connectivity index (χ0n) is 9.93. The fourth-order valence-electron chi connectivity index (χ4n) is 4.41. The normalized spacial score (nSPS) is 32.8. The molecule has 0 bridgehead atoms. The van der Waals surface area contributed by atoms with Crippen molar-refractivity contribution in [1.29, 1.82) is 0 Å². The van der Waals surface area contributed by atoms with E-state index in [0.717, 1.165) is 17.3 Å². The molecule has 3 fully saturated rings. The summed E-state index contributed by atoms with van der Waals surface area (Å²) in [5.74, 6) is 2.22. The lowest BCUT2D eigenvalue weighted by Gasteiger charge is -2.46. The monoisotopic (exact) mass is 207 g/mol. The first-order chi connectivity index (χ1) is 7.42. The quantitative estimate of drug-likeness (QED) is 0.732. The Kier molecular flexibility index (Phi) is 2.76. The van der Waals surface area contributed by atoms with E-state index in [2.05, 4.69) is 5.32 Å². The Hall–Kier alpha value is -0.0400. The first-order valence-electron chi connectivity index (χ1n) is 7.12. The van der Waals surface area contributed by atoms with Crippen molar-refractivity contribution in [3.05, 3.63) is 0 Å². The summed E-state index contributed by atoms with van der Waals surface area (Å²) in [6.45, 7) is 2.58. The Morgan fingerprint density at radius 2 is 1.33 bits per heavy atom. The fraction of sp³-hybridized carbons (Fsp3) is 1.00. The molecular formula is C14H25N. The summed E-state index contributed by atoms with van der Waals surface area (Å²) in [6, 6.07) is 0. The molecule has 0 aromatic carbocycles. The maximum atomic E-state index is 3.53.